The molecule has 0 aromatic heterocycles. The molecule has 0 spiro atoms. The molecule has 3 aliphatic heterocycles. The van der Waals surface area contributed by atoms with Crippen LogP contribution in [-0.2, 0) is 14.6 Å². The molecule has 0 radical (unpaired) electrons. The van der Waals surface area contributed by atoms with Crippen molar-refractivity contribution in [3.05, 3.63) is 0 Å². The summed E-state index contributed by atoms with van der Waals surface area (Å²) in [5, 5.41) is 2.93. The first-order chi connectivity index (χ1) is 11.3. The molecule has 0 saturated carbocycles. The Bertz CT molecular complexity index is 558. The van der Waals surface area contributed by atoms with Crippen molar-refractivity contribution >= 4 is 15.9 Å². The topological polar surface area (TPSA) is 79.0 Å². The molecule has 0 aliphatic carbocycles. The van der Waals surface area contributed by atoms with Gasteiger partial charge in [-0.2, -0.15) is 0 Å². The summed E-state index contributed by atoms with van der Waals surface area (Å²) >= 11 is 0. The smallest absolute Gasteiger partial charge is 0.317 e. The normalized spacial score (nSPS) is 36.8. The van der Waals surface area contributed by atoms with Crippen molar-refractivity contribution in [3.8, 4) is 0 Å². The van der Waals surface area contributed by atoms with E-state index in [1.165, 1.54) is 0 Å². The van der Waals surface area contributed by atoms with Gasteiger partial charge in [-0.1, -0.05) is 0 Å². The van der Waals surface area contributed by atoms with Gasteiger partial charge in [0.2, 0.25) is 0 Å². The van der Waals surface area contributed by atoms with E-state index in [4.69, 9.17) is 4.74 Å². The Hall–Kier alpha value is -0.860. The van der Waals surface area contributed by atoms with Crippen molar-refractivity contribution in [2.24, 2.45) is 0 Å². The van der Waals surface area contributed by atoms with Gasteiger partial charge in [0.05, 0.1) is 23.7 Å². The van der Waals surface area contributed by atoms with Gasteiger partial charge in [-0.05, 0) is 33.1 Å². The van der Waals surface area contributed by atoms with Crippen LogP contribution in [0.1, 0.15) is 33.1 Å². The van der Waals surface area contributed by atoms with Crippen LogP contribution in [0.4, 0.5) is 4.79 Å². The molecule has 8 heteroatoms. The number of amides is 2. The summed E-state index contributed by atoms with van der Waals surface area (Å²) in [7, 11) is -2.97. The van der Waals surface area contributed by atoms with Crippen LogP contribution in [0, 0.1) is 0 Å². The summed E-state index contributed by atoms with van der Waals surface area (Å²) in [5.74, 6) is 0.265. The molecule has 3 aliphatic rings. The van der Waals surface area contributed by atoms with Gasteiger partial charge in [-0.3, -0.25) is 4.90 Å². The number of morpholine rings is 1. The molecule has 2 amide bonds. The maximum atomic E-state index is 12.6. The van der Waals surface area contributed by atoms with Crippen molar-refractivity contribution in [2.45, 2.75) is 57.4 Å². The molecule has 4 atom stereocenters. The van der Waals surface area contributed by atoms with Crippen LogP contribution in [0.5, 0.6) is 0 Å². The Balaban J connectivity index is 1.54. The zero-order valence-corrected chi connectivity index (χ0v) is 15.4. The predicted molar refractivity (Wildman–Crippen MR) is 91.8 cm³/mol. The van der Waals surface area contributed by atoms with Crippen molar-refractivity contribution in [2.75, 3.05) is 37.7 Å². The monoisotopic (exact) mass is 359 g/mol. The van der Waals surface area contributed by atoms with Crippen molar-refractivity contribution in [3.63, 3.8) is 0 Å². The maximum absolute atomic E-state index is 12.6. The Morgan fingerprint density at radius 3 is 2.54 bits per heavy atom. The van der Waals surface area contributed by atoms with Crippen LogP contribution in [0.15, 0.2) is 0 Å². The fourth-order valence-electron chi connectivity index (χ4n) is 4.19. The minimum atomic E-state index is -2.97. The highest BCUT2D eigenvalue weighted by atomic mass is 32.2. The molecule has 1 N–H and O–H groups in total. The second kappa shape index (κ2) is 7.17. The zero-order valence-electron chi connectivity index (χ0n) is 14.6. The van der Waals surface area contributed by atoms with Gasteiger partial charge >= 0.3 is 6.03 Å². The Kier molecular flexibility index (Phi) is 5.36. The number of nitrogens with zero attached hydrogens (tertiary/aromatic N) is 2. The molecule has 3 saturated heterocycles. The Morgan fingerprint density at radius 2 is 1.92 bits per heavy atom. The third-order valence-electron chi connectivity index (χ3n) is 5.16. The summed E-state index contributed by atoms with van der Waals surface area (Å²) in [5.41, 5.74) is 0. The van der Waals surface area contributed by atoms with Crippen LogP contribution in [-0.4, -0.2) is 86.2 Å². The van der Waals surface area contributed by atoms with Gasteiger partial charge < -0.3 is 15.0 Å². The minimum Gasteiger partial charge on any atom is -0.373 e. The predicted octanol–water partition coefficient (Wildman–Crippen LogP) is 0.457. The summed E-state index contributed by atoms with van der Waals surface area (Å²) in [6.45, 7) is 7.60. The van der Waals surface area contributed by atoms with Crippen LogP contribution in [0.3, 0.4) is 0 Å². The first-order valence-electron chi connectivity index (χ1n) is 8.98. The lowest BCUT2D eigenvalue weighted by Crippen LogP contribution is -2.53. The van der Waals surface area contributed by atoms with Crippen molar-refractivity contribution in [1.29, 1.82) is 0 Å². The molecule has 0 bridgehead atoms. The molecule has 0 aromatic rings. The lowest BCUT2D eigenvalue weighted by molar-refractivity contribution is -0.0713. The van der Waals surface area contributed by atoms with Crippen molar-refractivity contribution in [1.82, 2.24) is 15.1 Å². The summed E-state index contributed by atoms with van der Waals surface area (Å²) in [4.78, 5) is 16.9. The van der Waals surface area contributed by atoms with Gasteiger partial charge in [0.15, 0.2) is 9.84 Å². The molecular formula is C16H29N3O4S. The summed E-state index contributed by atoms with van der Waals surface area (Å²) in [6, 6.07) is -0.123. The number of nitrogens with one attached hydrogen (secondary N) is 1. The number of urea groups is 1. The second-order valence-electron chi connectivity index (χ2n) is 7.51. The summed E-state index contributed by atoms with van der Waals surface area (Å²) < 4.78 is 28.9. The number of hydrogen-bond donors (Lipinski definition) is 1. The quantitative estimate of drug-likeness (QED) is 0.792. The average molecular weight is 359 g/mol. The second-order valence-corrected chi connectivity index (χ2v) is 9.74. The van der Waals surface area contributed by atoms with E-state index in [0.29, 0.717) is 6.42 Å². The van der Waals surface area contributed by atoms with Gasteiger partial charge in [-0.25, -0.2) is 13.2 Å². The number of hydrogen-bond acceptors (Lipinski definition) is 5. The standard InChI is InChI=1S/C16H29N3O4S/c1-12-8-18(9-13(2)23-12)10-15-4-3-6-19(15)16(20)17-14-5-7-24(21,22)11-14/h12-15H,3-11H2,1-2H3,(H,17,20). The van der Waals surface area contributed by atoms with E-state index in [2.05, 4.69) is 24.1 Å². The van der Waals surface area contributed by atoms with E-state index < -0.39 is 9.84 Å². The molecule has 3 heterocycles. The number of sulfone groups is 1. The van der Waals surface area contributed by atoms with Gasteiger partial charge in [0, 0.05) is 38.3 Å². The van der Waals surface area contributed by atoms with E-state index in [0.717, 1.165) is 39.0 Å². The van der Waals surface area contributed by atoms with E-state index in [1.54, 1.807) is 0 Å². The SMILES string of the molecule is CC1CN(CC2CCCN2C(=O)NC2CCS(=O)(=O)C2)CC(C)O1. The summed E-state index contributed by atoms with van der Waals surface area (Å²) in [6.07, 6.45) is 3.00. The Labute approximate surface area is 144 Å². The highest BCUT2D eigenvalue weighted by Crippen LogP contribution is 2.21. The van der Waals surface area contributed by atoms with E-state index in [9.17, 15) is 13.2 Å². The number of carbonyl (C=O) groups excluding carboxylic acids is 1. The van der Waals surface area contributed by atoms with Crippen LogP contribution in [0.25, 0.3) is 0 Å². The molecule has 138 valence electrons. The molecule has 3 fully saturated rings. The number of carbonyl (C=O) groups is 1. The van der Waals surface area contributed by atoms with E-state index in [1.807, 2.05) is 4.90 Å². The van der Waals surface area contributed by atoms with Crippen LogP contribution in [0.2, 0.25) is 0 Å². The molecule has 0 aromatic carbocycles. The molecular weight excluding hydrogens is 330 g/mol. The molecule has 3 rings (SSSR count). The molecule has 7 nitrogen and oxygen atoms in total. The largest absolute Gasteiger partial charge is 0.373 e. The fraction of sp³-hybridized carbons (Fsp3) is 0.938. The van der Waals surface area contributed by atoms with Crippen LogP contribution < -0.4 is 5.32 Å². The van der Waals surface area contributed by atoms with Crippen LogP contribution >= 0.6 is 0 Å². The third-order valence-corrected chi connectivity index (χ3v) is 6.93. The Morgan fingerprint density at radius 1 is 1.21 bits per heavy atom. The highest BCUT2D eigenvalue weighted by molar-refractivity contribution is 7.91. The first kappa shape index (κ1) is 17.9. The number of rotatable bonds is 3. The van der Waals surface area contributed by atoms with E-state index in [-0.39, 0.29) is 41.8 Å². The lowest BCUT2D eigenvalue weighted by atomic mass is 10.1. The molecule has 4 unspecified atom stereocenters. The minimum absolute atomic E-state index is 0.0791. The van der Waals surface area contributed by atoms with Crippen molar-refractivity contribution < 1.29 is 17.9 Å². The van der Waals surface area contributed by atoms with Gasteiger partial charge in [0.25, 0.3) is 0 Å². The molecule has 24 heavy (non-hydrogen) atoms. The fourth-order valence-corrected chi connectivity index (χ4v) is 5.86. The van der Waals surface area contributed by atoms with E-state index >= 15 is 0 Å². The third kappa shape index (κ3) is 4.40. The average Bonchev–Trinajstić information content (AvgIpc) is 3.04. The highest BCUT2D eigenvalue weighted by Gasteiger charge is 2.35. The lowest BCUT2D eigenvalue weighted by Gasteiger charge is -2.38. The maximum Gasteiger partial charge on any atom is 0.317 e. The zero-order chi connectivity index (χ0) is 17.3. The first-order valence-corrected chi connectivity index (χ1v) is 10.8. The van der Waals surface area contributed by atoms with Gasteiger partial charge in [-0.15, -0.1) is 0 Å². The van der Waals surface area contributed by atoms with Gasteiger partial charge in [0.1, 0.15) is 0 Å². The number of ether oxygens (including phenoxy) is 1. The number of likely N-dealkylation sites (tertiary alicyclic amines) is 1.